The van der Waals surface area contributed by atoms with E-state index in [9.17, 15) is 4.39 Å². The first kappa shape index (κ1) is 13.0. The number of hydrogen-bond donors (Lipinski definition) is 0. The molecule has 0 amide bonds. The summed E-state index contributed by atoms with van der Waals surface area (Å²) in [6.07, 6.45) is 4.40. The monoisotopic (exact) mass is 273 g/mol. The lowest BCUT2D eigenvalue weighted by molar-refractivity contribution is 0.240. The van der Waals surface area contributed by atoms with Crippen molar-refractivity contribution in [3.8, 4) is 5.75 Å². The van der Waals surface area contributed by atoms with E-state index in [1.54, 1.807) is 12.4 Å². The lowest BCUT2D eigenvalue weighted by Gasteiger charge is -2.27. The number of ether oxygens (including phenoxy) is 1. The van der Waals surface area contributed by atoms with E-state index in [0.717, 1.165) is 30.8 Å². The third kappa shape index (κ3) is 2.63. The summed E-state index contributed by atoms with van der Waals surface area (Å²) in [5.74, 6) is -0.0322. The summed E-state index contributed by atoms with van der Waals surface area (Å²) in [5, 5.41) is 0. The maximum atomic E-state index is 13.7. The molecule has 0 spiro atoms. The van der Waals surface area contributed by atoms with Crippen molar-refractivity contribution in [2.75, 3.05) is 13.7 Å². The van der Waals surface area contributed by atoms with E-state index >= 15 is 0 Å². The van der Waals surface area contributed by atoms with E-state index in [0.29, 0.717) is 6.54 Å². The first-order chi connectivity index (χ1) is 9.76. The smallest absolute Gasteiger partial charge is 0.165 e. The highest BCUT2D eigenvalue weighted by atomic mass is 19.1. The molecule has 2 heterocycles. The number of halogens is 1. The minimum atomic E-state index is -0.315. The number of hydrogen-bond acceptors (Lipinski definition) is 4. The number of rotatable bonds is 3. The molecule has 1 aromatic heterocycles. The van der Waals surface area contributed by atoms with Gasteiger partial charge in [-0.3, -0.25) is 4.90 Å². The molecule has 0 bridgehead atoms. The maximum Gasteiger partial charge on any atom is 0.165 e. The molecule has 104 valence electrons. The molecule has 4 nitrogen and oxygen atoms in total. The number of nitrogens with zero attached hydrogens (tertiary/aromatic N) is 3. The van der Waals surface area contributed by atoms with Crippen LogP contribution in [0.3, 0.4) is 0 Å². The summed E-state index contributed by atoms with van der Waals surface area (Å²) in [6, 6.07) is 5.11. The van der Waals surface area contributed by atoms with Crippen molar-refractivity contribution in [1.82, 2.24) is 14.9 Å². The normalized spacial score (nSPS) is 14.9. The van der Waals surface area contributed by atoms with Crippen LogP contribution in [0.5, 0.6) is 5.75 Å². The van der Waals surface area contributed by atoms with Crippen molar-refractivity contribution in [3.05, 3.63) is 53.4 Å². The molecule has 0 N–H and O–H groups in total. The fourth-order valence-corrected chi connectivity index (χ4v) is 2.51. The molecule has 2 aromatic rings. The number of methoxy groups -OCH3 is 1. The van der Waals surface area contributed by atoms with Crippen LogP contribution in [0, 0.1) is 5.82 Å². The van der Waals surface area contributed by atoms with E-state index in [4.69, 9.17) is 4.74 Å². The second kappa shape index (κ2) is 5.54. The van der Waals surface area contributed by atoms with Gasteiger partial charge in [0.2, 0.25) is 0 Å². The van der Waals surface area contributed by atoms with Gasteiger partial charge < -0.3 is 4.74 Å². The van der Waals surface area contributed by atoms with E-state index in [1.807, 2.05) is 12.3 Å². The van der Waals surface area contributed by atoms with Crippen LogP contribution in [-0.4, -0.2) is 28.5 Å². The summed E-state index contributed by atoms with van der Waals surface area (Å²) in [5.41, 5.74) is 3.23. The van der Waals surface area contributed by atoms with Gasteiger partial charge in [0.1, 0.15) is 6.33 Å². The second-order valence-corrected chi connectivity index (χ2v) is 4.92. The van der Waals surface area contributed by atoms with Crippen molar-refractivity contribution in [2.45, 2.75) is 19.5 Å². The molecule has 1 aliphatic rings. The molecule has 3 rings (SSSR count). The van der Waals surface area contributed by atoms with Crippen LogP contribution in [0.4, 0.5) is 4.39 Å². The van der Waals surface area contributed by atoms with Crippen LogP contribution in [0.2, 0.25) is 0 Å². The zero-order chi connectivity index (χ0) is 13.9. The molecule has 0 unspecified atom stereocenters. The molecule has 0 radical (unpaired) electrons. The van der Waals surface area contributed by atoms with E-state index in [1.165, 1.54) is 18.7 Å². The molecule has 0 fully saturated rings. The quantitative estimate of drug-likeness (QED) is 0.859. The van der Waals surface area contributed by atoms with E-state index < -0.39 is 0 Å². The topological polar surface area (TPSA) is 38.2 Å². The lowest BCUT2D eigenvalue weighted by Crippen LogP contribution is -2.30. The number of aromatic nitrogens is 2. The molecule has 20 heavy (non-hydrogen) atoms. The second-order valence-electron chi connectivity index (χ2n) is 4.92. The van der Waals surface area contributed by atoms with Gasteiger partial charge >= 0.3 is 0 Å². The Morgan fingerprint density at radius 1 is 1.40 bits per heavy atom. The van der Waals surface area contributed by atoms with E-state index in [-0.39, 0.29) is 11.6 Å². The predicted octanol–water partition coefficient (Wildman–Crippen LogP) is 2.18. The van der Waals surface area contributed by atoms with Crippen molar-refractivity contribution < 1.29 is 9.13 Å². The molecular formula is C15H16FN3O. The summed E-state index contributed by atoms with van der Waals surface area (Å²) < 4.78 is 18.6. The zero-order valence-corrected chi connectivity index (χ0v) is 11.3. The standard InChI is InChI=1S/C15H16FN3O/c1-20-15-3-2-11(6-13(15)16)8-19-5-4-12-7-17-10-18-14(12)9-19/h2-3,6-7,10H,4-5,8-9H2,1H3. The first-order valence-corrected chi connectivity index (χ1v) is 6.59. The molecule has 1 aliphatic heterocycles. The minimum Gasteiger partial charge on any atom is -0.494 e. The molecule has 0 saturated heterocycles. The summed E-state index contributed by atoms with van der Waals surface area (Å²) in [7, 11) is 1.47. The molecule has 5 heteroatoms. The third-order valence-corrected chi connectivity index (χ3v) is 3.57. The summed E-state index contributed by atoms with van der Waals surface area (Å²) in [4.78, 5) is 10.6. The van der Waals surface area contributed by atoms with Crippen molar-refractivity contribution >= 4 is 0 Å². The van der Waals surface area contributed by atoms with Crippen LogP contribution < -0.4 is 4.74 Å². The highest BCUT2D eigenvalue weighted by Gasteiger charge is 2.17. The zero-order valence-electron chi connectivity index (χ0n) is 11.3. The summed E-state index contributed by atoms with van der Waals surface area (Å²) in [6.45, 7) is 2.43. The molecule has 0 atom stereocenters. The van der Waals surface area contributed by atoms with Crippen molar-refractivity contribution in [3.63, 3.8) is 0 Å². The molecule has 0 saturated carbocycles. The van der Waals surface area contributed by atoms with Crippen LogP contribution in [0.15, 0.2) is 30.7 Å². The number of fused-ring (bicyclic) bond motifs is 1. The van der Waals surface area contributed by atoms with Gasteiger partial charge in [0.25, 0.3) is 0 Å². The van der Waals surface area contributed by atoms with Gasteiger partial charge in [0.15, 0.2) is 11.6 Å². The largest absolute Gasteiger partial charge is 0.494 e. The van der Waals surface area contributed by atoms with Gasteiger partial charge in [-0.15, -0.1) is 0 Å². The van der Waals surface area contributed by atoms with Gasteiger partial charge in [-0.1, -0.05) is 6.07 Å². The molecular weight excluding hydrogens is 257 g/mol. The Kier molecular flexibility index (Phi) is 3.60. The summed E-state index contributed by atoms with van der Waals surface area (Å²) >= 11 is 0. The van der Waals surface area contributed by atoms with Crippen LogP contribution >= 0.6 is 0 Å². The van der Waals surface area contributed by atoms with Gasteiger partial charge in [0.05, 0.1) is 12.8 Å². The van der Waals surface area contributed by atoms with E-state index in [2.05, 4.69) is 14.9 Å². The van der Waals surface area contributed by atoms with Gasteiger partial charge in [-0.05, 0) is 29.7 Å². The average molecular weight is 273 g/mol. The predicted molar refractivity (Wildman–Crippen MR) is 72.8 cm³/mol. The van der Waals surface area contributed by atoms with Crippen molar-refractivity contribution in [2.24, 2.45) is 0 Å². The average Bonchev–Trinajstić information content (AvgIpc) is 2.47. The Balaban J connectivity index is 1.72. The Labute approximate surface area is 117 Å². The van der Waals surface area contributed by atoms with Crippen molar-refractivity contribution in [1.29, 1.82) is 0 Å². The highest BCUT2D eigenvalue weighted by molar-refractivity contribution is 5.29. The molecule has 1 aromatic carbocycles. The van der Waals surface area contributed by atoms with Gasteiger partial charge in [-0.2, -0.15) is 0 Å². The fourth-order valence-electron chi connectivity index (χ4n) is 2.51. The SMILES string of the molecule is COc1ccc(CN2CCc3cncnc3C2)cc1F. The van der Waals surface area contributed by atoms with Crippen LogP contribution in [0.25, 0.3) is 0 Å². The fraction of sp³-hybridized carbons (Fsp3) is 0.333. The first-order valence-electron chi connectivity index (χ1n) is 6.59. The van der Waals surface area contributed by atoms with Gasteiger partial charge in [0, 0.05) is 25.8 Å². The Bertz CT molecular complexity index is 618. The van der Waals surface area contributed by atoms with Crippen LogP contribution in [0.1, 0.15) is 16.8 Å². The lowest BCUT2D eigenvalue weighted by atomic mass is 10.1. The third-order valence-electron chi connectivity index (χ3n) is 3.57. The highest BCUT2D eigenvalue weighted by Crippen LogP contribution is 2.21. The Hall–Kier alpha value is -2.01. The van der Waals surface area contributed by atoms with Crippen LogP contribution in [-0.2, 0) is 19.5 Å². The number of benzene rings is 1. The maximum absolute atomic E-state index is 13.7. The van der Waals surface area contributed by atoms with Gasteiger partial charge in [-0.25, -0.2) is 14.4 Å². The minimum absolute atomic E-state index is 0.283. The Morgan fingerprint density at radius 3 is 3.10 bits per heavy atom. The molecule has 0 aliphatic carbocycles. The Morgan fingerprint density at radius 2 is 2.30 bits per heavy atom.